The van der Waals surface area contributed by atoms with Gasteiger partial charge in [0.1, 0.15) is 0 Å². The van der Waals surface area contributed by atoms with Crippen molar-refractivity contribution in [2.45, 2.75) is 12.8 Å². The third-order valence-electron chi connectivity index (χ3n) is 2.46. The summed E-state index contributed by atoms with van der Waals surface area (Å²) in [4.78, 5) is 15.1. The van der Waals surface area contributed by atoms with Crippen molar-refractivity contribution in [2.75, 3.05) is 7.05 Å². The van der Waals surface area contributed by atoms with Gasteiger partial charge >= 0.3 is 0 Å². The van der Waals surface area contributed by atoms with Crippen LogP contribution in [0.15, 0.2) is 36.6 Å². The number of aromatic nitrogens is 1. The average Bonchev–Trinajstić information content (AvgIpc) is 2.38. The topological polar surface area (TPSA) is 42.0 Å². The van der Waals surface area contributed by atoms with Crippen molar-refractivity contribution in [1.29, 1.82) is 0 Å². The lowest BCUT2D eigenvalue weighted by Gasteiger charge is -1.96. The number of nitrogens with one attached hydrogen (secondary N) is 1. The Morgan fingerprint density at radius 2 is 2.16 bits per heavy atom. The molecule has 1 aromatic rings. The third-order valence-corrected chi connectivity index (χ3v) is 2.67. The number of allylic oxidation sites excluding steroid dienone is 2. The summed E-state index contributed by atoms with van der Waals surface area (Å²) < 4.78 is 0. The van der Waals surface area contributed by atoms with Crippen molar-refractivity contribution in [3.63, 3.8) is 0 Å². The molecule has 0 aromatic carbocycles. The molecular formula is C15H17ClN2O. The lowest BCUT2D eigenvalue weighted by Crippen LogP contribution is -2.26. The number of rotatable bonds is 5. The van der Waals surface area contributed by atoms with E-state index < -0.39 is 0 Å². The van der Waals surface area contributed by atoms with Gasteiger partial charge in [0.15, 0.2) is 0 Å². The summed E-state index contributed by atoms with van der Waals surface area (Å²) in [6.45, 7) is 7.78. The van der Waals surface area contributed by atoms with Crippen LogP contribution < -0.4 is 15.9 Å². The molecule has 1 rings (SSSR count). The number of pyridine rings is 1. The number of hydrogen-bond donors (Lipinski definition) is 1. The molecule has 4 heteroatoms. The maximum absolute atomic E-state index is 11.0. The number of carbonyl (C=O) groups is 1. The smallest absolute Gasteiger partial charge is 0.223 e. The van der Waals surface area contributed by atoms with E-state index >= 15 is 0 Å². The zero-order valence-corrected chi connectivity index (χ0v) is 11.7. The van der Waals surface area contributed by atoms with Crippen LogP contribution in [0.4, 0.5) is 0 Å². The molecule has 1 heterocycles. The maximum Gasteiger partial charge on any atom is 0.223 e. The Labute approximate surface area is 118 Å². The molecule has 0 fully saturated rings. The highest BCUT2D eigenvalue weighted by Crippen LogP contribution is 2.02. The second kappa shape index (κ2) is 7.54. The summed E-state index contributed by atoms with van der Waals surface area (Å²) >= 11 is 5.88. The largest absolute Gasteiger partial charge is 0.359 e. The highest BCUT2D eigenvalue weighted by molar-refractivity contribution is 6.30. The fourth-order valence-corrected chi connectivity index (χ4v) is 1.58. The van der Waals surface area contributed by atoms with Gasteiger partial charge in [-0.3, -0.25) is 9.78 Å². The number of halogens is 1. The number of hydrogen-bond acceptors (Lipinski definition) is 2. The number of amides is 1. The normalized spacial score (nSPS) is 11.8. The summed E-state index contributed by atoms with van der Waals surface area (Å²) in [5.41, 5.74) is 0.905. The predicted octanol–water partition coefficient (Wildman–Crippen LogP) is 1.56. The van der Waals surface area contributed by atoms with Gasteiger partial charge in [-0.2, -0.15) is 0 Å². The SMILES string of the molecule is C=C(/C=c1/cc(Cl)cnc1=C)C/C=C/CC(=O)NC. The molecule has 1 aromatic heterocycles. The number of carbonyl (C=O) groups excluding carboxylic acids is 1. The second-order valence-corrected chi connectivity index (χ2v) is 4.48. The van der Waals surface area contributed by atoms with Gasteiger partial charge in [0.2, 0.25) is 5.91 Å². The van der Waals surface area contributed by atoms with Gasteiger partial charge in [-0.1, -0.05) is 42.5 Å². The standard InChI is InChI=1S/C15H17ClN2O/c1-11(6-4-5-7-15(19)17-3)8-13-9-14(16)10-18-12(13)2/h4-5,8-10H,1-2,6-7H2,3H3,(H,17,19)/b5-4+,13-8-. The van der Waals surface area contributed by atoms with E-state index in [4.69, 9.17) is 11.6 Å². The molecule has 1 N–H and O–H groups in total. The van der Waals surface area contributed by atoms with Crippen LogP contribution in [0.1, 0.15) is 12.8 Å². The quantitative estimate of drug-likeness (QED) is 0.830. The Morgan fingerprint density at radius 3 is 2.84 bits per heavy atom. The summed E-state index contributed by atoms with van der Waals surface area (Å²) in [6.07, 6.45) is 8.23. The van der Waals surface area contributed by atoms with Gasteiger partial charge in [0, 0.05) is 24.9 Å². The molecule has 0 aliphatic carbocycles. The highest BCUT2D eigenvalue weighted by atomic mass is 35.5. The van der Waals surface area contributed by atoms with Crippen molar-refractivity contribution >= 4 is 30.2 Å². The molecule has 0 aliphatic rings. The summed E-state index contributed by atoms with van der Waals surface area (Å²) in [5, 5.41) is 4.65. The van der Waals surface area contributed by atoms with Gasteiger partial charge in [-0.05, 0) is 18.6 Å². The van der Waals surface area contributed by atoms with E-state index in [1.807, 2.05) is 18.2 Å². The first-order chi connectivity index (χ1) is 9.02. The predicted molar refractivity (Wildman–Crippen MR) is 80.1 cm³/mol. The summed E-state index contributed by atoms with van der Waals surface area (Å²) in [6, 6.07) is 1.80. The van der Waals surface area contributed by atoms with Crippen LogP contribution in [0.2, 0.25) is 5.02 Å². The zero-order chi connectivity index (χ0) is 14.3. The summed E-state index contributed by atoms with van der Waals surface area (Å²) in [7, 11) is 1.62. The molecule has 0 atom stereocenters. The van der Waals surface area contributed by atoms with Crippen molar-refractivity contribution in [3.8, 4) is 0 Å². The minimum absolute atomic E-state index is 0.00933. The van der Waals surface area contributed by atoms with Crippen LogP contribution in [0.25, 0.3) is 12.7 Å². The molecule has 19 heavy (non-hydrogen) atoms. The van der Waals surface area contributed by atoms with Crippen molar-refractivity contribution in [3.05, 3.63) is 52.2 Å². The molecule has 0 spiro atoms. The first-order valence-electron chi connectivity index (χ1n) is 5.88. The van der Waals surface area contributed by atoms with Crippen LogP contribution >= 0.6 is 11.6 Å². The molecule has 100 valence electrons. The molecule has 3 nitrogen and oxygen atoms in total. The molecule has 0 unspecified atom stereocenters. The average molecular weight is 277 g/mol. The molecule has 1 amide bonds. The van der Waals surface area contributed by atoms with Crippen LogP contribution in [0.3, 0.4) is 0 Å². The van der Waals surface area contributed by atoms with Crippen LogP contribution in [-0.4, -0.2) is 17.9 Å². The molecule has 0 saturated carbocycles. The van der Waals surface area contributed by atoms with Gasteiger partial charge < -0.3 is 5.32 Å². The third kappa shape index (κ3) is 5.53. The van der Waals surface area contributed by atoms with E-state index in [-0.39, 0.29) is 5.91 Å². The van der Waals surface area contributed by atoms with Gasteiger partial charge in [0.05, 0.1) is 10.4 Å². The molecule has 0 aliphatic heterocycles. The van der Waals surface area contributed by atoms with E-state index in [1.54, 1.807) is 19.3 Å². The second-order valence-electron chi connectivity index (χ2n) is 4.04. The number of nitrogens with zero attached hydrogens (tertiary/aromatic N) is 1. The van der Waals surface area contributed by atoms with Crippen molar-refractivity contribution in [2.24, 2.45) is 0 Å². The van der Waals surface area contributed by atoms with Gasteiger partial charge in [-0.25, -0.2) is 0 Å². The fourth-order valence-electron chi connectivity index (χ4n) is 1.41. The molecule has 0 saturated heterocycles. The van der Waals surface area contributed by atoms with E-state index in [9.17, 15) is 4.79 Å². The van der Waals surface area contributed by atoms with E-state index in [0.29, 0.717) is 23.2 Å². The molecule has 0 radical (unpaired) electrons. The lowest BCUT2D eigenvalue weighted by molar-refractivity contribution is -0.119. The van der Waals surface area contributed by atoms with Crippen molar-refractivity contribution in [1.82, 2.24) is 10.3 Å². The lowest BCUT2D eigenvalue weighted by atomic mass is 10.1. The Bertz CT molecular complexity index is 605. The first kappa shape index (κ1) is 15.2. The van der Waals surface area contributed by atoms with Gasteiger partial charge in [-0.15, -0.1) is 0 Å². The minimum Gasteiger partial charge on any atom is -0.359 e. The highest BCUT2D eigenvalue weighted by Gasteiger charge is 1.93. The monoisotopic (exact) mass is 276 g/mol. The Balaban J connectivity index is 2.67. The fraction of sp³-hybridized carbons (Fsp3) is 0.200. The first-order valence-corrected chi connectivity index (χ1v) is 6.26. The van der Waals surface area contributed by atoms with E-state index in [2.05, 4.69) is 23.5 Å². The van der Waals surface area contributed by atoms with Gasteiger partial charge in [0.25, 0.3) is 0 Å². The van der Waals surface area contributed by atoms with E-state index in [0.717, 1.165) is 10.8 Å². The minimum atomic E-state index is -0.00933. The summed E-state index contributed by atoms with van der Waals surface area (Å²) in [5.74, 6) is -0.00933. The Hall–Kier alpha value is -1.87. The van der Waals surface area contributed by atoms with Crippen LogP contribution in [-0.2, 0) is 4.79 Å². The maximum atomic E-state index is 11.0. The Kier molecular flexibility index (Phi) is 6.03. The van der Waals surface area contributed by atoms with Crippen LogP contribution in [0.5, 0.6) is 0 Å². The van der Waals surface area contributed by atoms with E-state index in [1.165, 1.54) is 0 Å². The van der Waals surface area contributed by atoms with Crippen molar-refractivity contribution < 1.29 is 4.79 Å². The zero-order valence-electron chi connectivity index (χ0n) is 10.9. The molecule has 0 bridgehead atoms. The molecular weight excluding hydrogens is 260 g/mol. The van der Waals surface area contributed by atoms with Crippen LogP contribution in [0, 0.1) is 0 Å². The Morgan fingerprint density at radius 1 is 1.47 bits per heavy atom.